The maximum atomic E-state index is 12.3. The summed E-state index contributed by atoms with van der Waals surface area (Å²) in [6.45, 7) is 1.09. The lowest BCUT2D eigenvalue weighted by molar-refractivity contribution is -0.154. The molecule has 1 amide bonds. The fourth-order valence-corrected chi connectivity index (χ4v) is 3.64. The third-order valence-corrected chi connectivity index (χ3v) is 5.41. The molecule has 7 nitrogen and oxygen atoms in total. The molecule has 0 N–H and O–H groups in total. The molecule has 0 atom stereocenters. The van der Waals surface area contributed by atoms with E-state index in [1.54, 1.807) is 19.4 Å². The van der Waals surface area contributed by atoms with Gasteiger partial charge in [-0.3, -0.25) is 19.0 Å². The summed E-state index contributed by atoms with van der Waals surface area (Å²) >= 11 is 1.01. The van der Waals surface area contributed by atoms with E-state index in [0.29, 0.717) is 18.5 Å². The lowest BCUT2D eigenvalue weighted by atomic mass is 9.81. The molecule has 0 aliphatic heterocycles. The summed E-state index contributed by atoms with van der Waals surface area (Å²) in [5.41, 5.74) is -0.126. The van der Waals surface area contributed by atoms with Gasteiger partial charge in [-0.2, -0.15) is 5.26 Å². The maximum Gasteiger partial charge on any atom is 0.326 e. The van der Waals surface area contributed by atoms with Gasteiger partial charge in [0, 0.05) is 18.1 Å². The molecule has 8 heteroatoms. The van der Waals surface area contributed by atoms with Crippen LogP contribution in [0.2, 0.25) is 0 Å². The Kier molecular flexibility index (Phi) is 5.78. The number of aromatic nitrogens is 1. The molecule has 0 saturated heterocycles. The van der Waals surface area contributed by atoms with Gasteiger partial charge in [-0.05, 0) is 19.8 Å². The average Bonchev–Trinajstić information content (AvgIpc) is 2.91. The highest BCUT2D eigenvalue weighted by molar-refractivity contribution is 7.07. The Bertz CT molecular complexity index is 710. The van der Waals surface area contributed by atoms with Gasteiger partial charge in [0.25, 0.3) is 5.91 Å². The topological polar surface area (TPSA) is 92.4 Å². The van der Waals surface area contributed by atoms with Crippen LogP contribution in [0, 0.1) is 18.3 Å². The second kappa shape index (κ2) is 7.62. The predicted molar refractivity (Wildman–Crippen MR) is 88.5 cm³/mol. The van der Waals surface area contributed by atoms with E-state index in [1.165, 1.54) is 9.47 Å². The van der Waals surface area contributed by atoms with Crippen molar-refractivity contribution in [3.8, 4) is 6.07 Å². The highest BCUT2D eigenvalue weighted by Crippen LogP contribution is 2.32. The summed E-state index contributed by atoms with van der Waals surface area (Å²) in [6, 6.07) is 2.26. The van der Waals surface area contributed by atoms with Crippen LogP contribution in [0.1, 0.15) is 37.8 Å². The van der Waals surface area contributed by atoms with E-state index in [9.17, 15) is 19.6 Å². The van der Waals surface area contributed by atoms with E-state index in [0.717, 1.165) is 30.6 Å². The molecule has 0 aromatic carbocycles. The maximum absolute atomic E-state index is 12.3. The Morgan fingerprint density at radius 3 is 2.62 bits per heavy atom. The van der Waals surface area contributed by atoms with Crippen LogP contribution in [0.15, 0.2) is 10.2 Å². The highest BCUT2D eigenvalue weighted by Gasteiger charge is 2.38. The summed E-state index contributed by atoms with van der Waals surface area (Å²) in [5.74, 6) is -1.05. The van der Waals surface area contributed by atoms with Crippen LogP contribution in [-0.4, -0.2) is 40.5 Å². The summed E-state index contributed by atoms with van der Waals surface area (Å²) in [5, 5.41) is 11.1. The van der Waals surface area contributed by atoms with E-state index >= 15 is 0 Å². The second-order valence-electron chi connectivity index (χ2n) is 6.05. The lowest BCUT2D eigenvalue weighted by Gasteiger charge is -2.38. The number of aryl methyl sites for hydroxylation is 1. The molecule has 1 saturated carbocycles. The van der Waals surface area contributed by atoms with Crippen molar-refractivity contribution in [2.24, 2.45) is 0 Å². The first kappa shape index (κ1) is 18.2. The standard InChI is InChI=1S/C16H21N3O4S/c1-12-10-24-15(22)19(12)8-14(21)23-9-13(20)18(2)16(11-17)6-4-3-5-7-16/h10H,3-9H2,1-2H3. The Labute approximate surface area is 144 Å². The molecule has 130 valence electrons. The number of nitrogens with zero attached hydrogens (tertiary/aromatic N) is 3. The minimum Gasteiger partial charge on any atom is -0.454 e. The molecular weight excluding hydrogens is 330 g/mol. The van der Waals surface area contributed by atoms with Gasteiger partial charge >= 0.3 is 10.8 Å². The van der Waals surface area contributed by atoms with Crippen molar-refractivity contribution in [2.45, 2.75) is 51.1 Å². The number of carbonyl (C=O) groups excluding carboxylic acids is 2. The van der Waals surface area contributed by atoms with Crippen LogP contribution in [0.25, 0.3) is 0 Å². The van der Waals surface area contributed by atoms with Crippen molar-refractivity contribution in [3.05, 3.63) is 20.7 Å². The molecule has 0 bridgehead atoms. The molecule has 1 heterocycles. The monoisotopic (exact) mass is 351 g/mol. The van der Waals surface area contributed by atoms with Gasteiger partial charge in [0.2, 0.25) is 0 Å². The molecule has 1 fully saturated rings. The number of rotatable bonds is 5. The molecule has 1 aromatic heterocycles. The van der Waals surface area contributed by atoms with E-state index in [4.69, 9.17) is 4.74 Å². The van der Waals surface area contributed by atoms with E-state index in [1.807, 2.05) is 0 Å². The van der Waals surface area contributed by atoms with Crippen molar-refractivity contribution in [3.63, 3.8) is 0 Å². The molecule has 0 radical (unpaired) electrons. The van der Waals surface area contributed by atoms with Crippen LogP contribution in [0.4, 0.5) is 0 Å². The third-order valence-electron chi connectivity index (χ3n) is 4.53. The first-order chi connectivity index (χ1) is 11.4. The van der Waals surface area contributed by atoms with E-state index in [-0.39, 0.29) is 11.4 Å². The Balaban J connectivity index is 1.91. The first-order valence-corrected chi connectivity index (χ1v) is 8.76. The van der Waals surface area contributed by atoms with Crippen LogP contribution in [0.3, 0.4) is 0 Å². The van der Waals surface area contributed by atoms with Crippen molar-refractivity contribution in [1.29, 1.82) is 5.26 Å². The number of thiazole rings is 1. The zero-order chi connectivity index (χ0) is 17.7. The third kappa shape index (κ3) is 3.85. The number of nitriles is 1. The van der Waals surface area contributed by atoms with Crippen molar-refractivity contribution in [2.75, 3.05) is 13.7 Å². The Hall–Kier alpha value is -2.14. The zero-order valence-corrected chi connectivity index (χ0v) is 14.7. The summed E-state index contributed by atoms with van der Waals surface area (Å²) < 4.78 is 6.30. The van der Waals surface area contributed by atoms with Crippen molar-refractivity contribution >= 4 is 23.2 Å². The van der Waals surface area contributed by atoms with Crippen LogP contribution < -0.4 is 4.87 Å². The van der Waals surface area contributed by atoms with Gasteiger partial charge in [0.15, 0.2) is 6.61 Å². The Morgan fingerprint density at radius 2 is 2.08 bits per heavy atom. The zero-order valence-electron chi connectivity index (χ0n) is 13.9. The summed E-state index contributed by atoms with van der Waals surface area (Å²) in [7, 11) is 1.58. The molecule has 0 spiro atoms. The number of hydrogen-bond acceptors (Lipinski definition) is 6. The van der Waals surface area contributed by atoms with E-state index in [2.05, 4.69) is 6.07 Å². The van der Waals surface area contributed by atoms with Gasteiger partial charge in [-0.25, -0.2) is 0 Å². The van der Waals surface area contributed by atoms with Crippen LogP contribution >= 0.6 is 11.3 Å². The van der Waals surface area contributed by atoms with Gasteiger partial charge < -0.3 is 9.64 Å². The fraction of sp³-hybridized carbons (Fsp3) is 0.625. The first-order valence-electron chi connectivity index (χ1n) is 7.88. The van der Waals surface area contributed by atoms with Crippen molar-refractivity contribution < 1.29 is 14.3 Å². The van der Waals surface area contributed by atoms with Crippen molar-refractivity contribution in [1.82, 2.24) is 9.47 Å². The number of likely N-dealkylation sites (N-methyl/N-ethyl adjacent to an activating group) is 1. The van der Waals surface area contributed by atoms with Crippen LogP contribution in [-0.2, 0) is 20.9 Å². The van der Waals surface area contributed by atoms with E-state index < -0.39 is 24.0 Å². The smallest absolute Gasteiger partial charge is 0.326 e. The molecule has 1 aromatic rings. The largest absolute Gasteiger partial charge is 0.454 e. The molecule has 1 aliphatic rings. The summed E-state index contributed by atoms with van der Waals surface area (Å²) in [6.07, 6.45) is 4.16. The lowest BCUT2D eigenvalue weighted by Crippen LogP contribution is -2.51. The molecule has 24 heavy (non-hydrogen) atoms. The number of hydrogen-bond donors (Lipinski definition) is 0. The number of ether oxygens (including phenoxy) is 1. The van der Waals surface area contributed by atoms with Gasteiger partial charge in [-0.1, -0.05) is 30.6 Å². The fourth-order valence-electron chi connectivity index (χ4n) is 2.91. The highest BCUT2D eigenvalue weighted by atomic mass is 32.1. The molecular formula is C16H21N3O4S. The van der Waals surface area contributed by atoms with Gasteiger partial charge in [0.05, 0.1) is 6.07 Å². The average molecular weight is 351 g/mol. The SMILES string of the molecule is Cc1csc(=O)n1CC(=O)OCC(=O)N(C)C1(C#N)CCCCC1. The predicted octanol–water partition coefficient (Wildman–Crippen LogP) is 1.45. The number of esters is 1. The minimum absolute atomic E-state index is 0.214. The van der Waals surface area contributed by atoms with Gasteiger partial charge in [0.1, 0.15) is 12.1 Å². The summed E-state index contributed by atoms with van der Waals surface area (Å²) in [4.78, 5) is 36.9. The number of amides is 1. The quantitative estimate of drug-likeness (QED) is 0.749. The normalized spacial score (nSPS) is 16.2. The molecule has 0 unspecified atom stereocenters. The Morgan fingerprint density at radius 1 is 1.42 bits per heavy atom. The number of carbonyl (C=O) groups is 2. The molecule has 2 rings (SSSR count). The van der Waals surface area contributed by atoms with Gasteiger partial charge in [-0.15, -0.1) is 0 Å². The minimum atomic E-state index is -0.803. The van der Waals surface area contributed by atoms with Crippen LogP contribution in [0.5, 0.6) is 0 Å². The second-order valence-corrected chi connectivity index (χ2v) is 6.87. The molecule has 1 aliphatic carbocycles.